The SMILES string of the molecule is CCc1cc(N)ccc1C(C)=O. The molecule has 0 amide bonds. The molecule has 1 aromatic rings. The fourth-order valence-electron chi connectivity index (χ4n) is 1.25. The van der Waals surface area contributed by atoms with Crippen molar-refractivity contribution < 1.29 is 4.79 Å². The number of benzene rings is 1. The van der Waals surface area contributed by atoms with Crippen molar-refractivity contribution in [2.75, 3.05) is 5.73 Å². The molecule has 0 aliphatic carbocycles. The molecule has 1 aromatic carbocycles. The van der Waals surface area contributed by atoms with Gasteiger partial charge in [-0.2, -0.15) is 0 Å². The first-order chi connectivity index (χ1) is 5.65. The van der Waals surface area contributed by atoms with Gasteiger partial charge in [-0.25, -0.2) is 0 Å². The van der Waals surface area contributed by atoms with E-state index in [9.17, 15) is 4.79 Å². The fourth-order valence-corrected chi connectivity index (χ4v) is 1.25. The summed E-state index contributed by atoms with van der Waals surface area (Å²) in [6.07, 6.45) is 0.847. The van der Waals surface area contributed by atoms with Gasteiger partial charge in [-0.3, -0.25) is 4.79 Å². The number of nitrogens with two attached hydrogens (primary N) is 1. The number of ketones is 1. The number of carbonyl (C=O) groups is 1. The second-order valence-corrected chi connectivity index (χ2v) is 2.83. The monoisotopic (exact) mass is 163 g/mol. The maximum Gasteiger partial charge on any atom is 0.160 e. The number of hydrogen-bond donors (Lipinski definition) is 1. The molecule has 0 saturated heterocycles. The van der Waals surface area contributed by atoms with Crippen LogP contribution in [-0.2, 0) is 6.42 Å². The van der Waals surface area contributed by atoms with Crippen LogP contribution in [0.5, 0.6) is 0 Å². The lowest BCUT2D eigenvalue weighted by molar-refractivity contribution is 0.101. The highest BCUT2D eigenvalue weighted by atomic mass is 16.1. The van der Waals surface area contributed by atoms with E-state index in [2.05, 4.69) is 0 Å². The number of rotatable bonds is 2. The molecule has 0 saturated carbocycles. The van der Waals surface area contributed by atoms with Gasteiger partial charge in [0.05, 0.1) is 0 Å². The van der Waals surface area contributed by atoms with E-state index < -0.39 is 0 Å². The molecule has 0 fully saturated rings. The molecule has 0 bridgehead atoms. The van der Waals surface area contributed by atoms with Crippen molar-refractivity contribution >= 4 is 11.5 Å². The van der Waals surface area contributed by atoms with Crippen molar-refractivity contribution in [1.29, 1.82) is 0 Å². The van der Waals surface area contributed by atoms with E-state index >= 15 is 0 Å². The maximum atomic E-state index is 11.1. The summed E-state index contributed by atoms with van der Waals surface area (Å²) in [7, 11) is 0. The highest BCUT2D eigenvalue weighted by molar-refractivity contribution is 5.95. The quantitative estimate of drug-likeness (QED) is 0.535. The van der Waals surface area contributed by atoms with E-state index in [0.29, 0.717) is 0 Å². The molecule has 0 unspecified atom stereocenters. The van der Waals surface area contributed by atoms with E-state index in [1.807, 2.05) is 13.0 Å². The Morgan fingerprint density at radius 1 is 1.50 bits per heavy atom. The summed E-state index contributed by atoms with van der Waals surface area (Å²) in [4.78, 5) is 11.1. The second-order valence-electron chi connectivity index (χ2n) is 2.83. The largest absolute Gasteiger partial charge is 0.399 e. The molecule has 0 atom stereocenters. The van der Waals surface area contributed by atoms with Crippen molar-refractivity contribution in [2.24, 2.45) is 0 Å². The first kappa shape index (κ1) is 8.78. The summed E-state index contributed by atoms with van der Waals surface area (Å²) < 4.78 is 0. The Bertz CT molecular complexity index is 305. The van der Waals surface area contributed by atoms with Gasteiger partial charge in [0.2, 0.25) is 0 Å². The zero-order valence-corrected chi connectivity index (χ0v) is 7.42. The van der Waals surface area contributed by atoms with Gasteiger partial charge in [0.15, 0.2) is 5.78 Å². The van der Waals surface area contributed by atoms with Gasteiger partial charge < -0.3 is 5.73 Å². The Kier molecular flexibility index (Phi) is 2.48. The summed E-state index contributed by atoms with van der Waals surface area (Å²) in [6.45, 7) is 3.59. The van der Waals surface area contributed by atoms with Crippen molar-refractivity contribution in [3.05, 3.63) is 29.3 Å². The first-order valence-electron chi connectivity index (χ1n) is 4.04. The van der Waals surface area contributed by atoms with E-state index in [-0.39, 0.29) is 5.78 Å². The number of carbonyl (C=O) groups excluding carboxylic acids is 1. The predicted octanol–water partition coefficient (Wildman–Crippen LogP) is 2.03. The minimum Gasteiger partial charge on any atom is -0.399 e. The molecule has 2 heteroatoms. The molecular weight excluding hydrogens is 150 g/mol. The number of hydrogen-bond acceptors (Lipinski definition) is 2. The zero-order chi connectivity index (χ0) is 9.14. The molecule has 2 nitrogen and oxygen atoms in total. The number of nitrogen functional groups attached to an aromatic ring is 1. The van der Waals surface area contributed by atoms with Crippen molar-refractivity contribution in [2.45, 2.75) is 20.3 Å². The van der Waals surface area contributed by atoms with Crippen LogP contribution >= 0.6 is 0 Å². The molecule has 0 aliphatic rings. The number of anilines is 1. The van der Waals surface area contributed by atoms with Crippen LogP contribution in [0.1, 0.15) is 29.8 Å². The van der Waals surface area contributed by atoms with Crippen molar-refractivity contribution in [1.82, 2.24) is 0 Å². The second kappa shape index (κ2) is 3.39. The minimum atomic E-state index is 0.104. The molecule has 0 heterocycles. The Hall–Kier alpha value is -1.31. The minimum absolute atomic E-state index is 0.104. The lowest BCUT2D eigenvalue weighted by Crippen LogP contribution is -1.99. The third-order valence-corrected chi connectivity index (χ3v) is 1.89. The molecule has 64 valence electrons. The average molecular weight is 163 g/mol. The highest BCUT2D eigenvalue weighted by Crippen LogP contribution is 2.14. The maximum absolute atomic E-state index is 11.1. The number of Topliss-reactive ketones (excluding diaryl/α,β-unsaturated/α-hetero) is 1. The van der Waals surface area contributed by atoms with E-state index in [1.165, 1.54) is 0 Å². The van der Waals surface area contributed by atoms with Crippen molar-refractivity contribution in [3.63, 3.8) is 0 Å². The van der Waals surface area contributed by atoms with Crippen LogP contribution < -0.4 is 5.73 Å². The summed E-state index contributed by atoms with van der Waals surface area (Å²) >= 11 is 0. The molecule has 0 aliphatic heterocycles. The van der Waals surface area contributed by atoms with E-state index in [0.717, 1.165) is 23.2 Å². The molecule has 0 spiro atoms. The van der Waals surface area contributed by atoms with Crippen molar-refractivity contribution in [3.8, 4) is 0 Å². The van der Waals surface area contributed by atoms with Crippen LogP contribution in [0.4, 0.5) is 5.69 Å². The fraction of sp³-hybridized carbons (Fsp3) is 0.300. The van der Waals surface area contributed by atoms with Gasteiger partial charge in [0.25, 0.3) is 0 Å². The van der Waals surface area contributed by atoms with Gasteiger partial charge in [-0.1, -0.05) is 6.92 Å². The molecule has 0 aromatic heterocycles. The molecule has 1 rings (SSSR count). The third-order valence-electron chi connectivity index (χ3n) is 1.89. The molecule has 12 heavy (non-hydrogen) atoms. The van der Waals surface area contributed by atoms with Gasteiger partial charge in [0.1, 0.15) is 0 Å². The van der Waals surface area contributed by atoms with E-state index in [1.54, 1.807) is 19.1 Å². The standard InChI is InChI=1S/C10H13NO/c1-3-8-6-9(11)4-5-10(8)7(2)12/h4-6H,3,11H2,1-2H3. The summed E-state index contributed by atoms with van der Waals surface area (Å²) in [6, 6.07) is 5.41. The van der Waals surface area contributed by atoms with Crippen LogP contribution in [0.3, 0.4) is 0 Å². The van der Waals surface area contributed by atoms with Gasteiger partial charge in [0, 0.05) is 11.3 Å². The Morgan fingerprint density at radius 2 is 2.17 bits per heavy atom. The molecule has 2 N–H and O–H groups in total. The Labute approximate surface area is 72.4 Å². The van der Waals surface area contributed by atoms with Crippen LogP contribution in [0.25, 0.3) is 0 Å². The van der Waals surface area contributed by atoms with Crippen LogP contribution in [0.15, 0.2) is 18.2 Å². The Morgan fingerprint density at radius 3 is 2.67 bits per heavy atom. The smallest absolute Gasteiger partial charge is 0.160 e. The van der Waals surface area contributed by atoms with Gasteiger partial charge in [-0.15, -0.1) is 0 Å². The summed E-state index contributed by atoms with van der Waals surface area (Å²) in [5.41, 5.74) is 8.13. The van der Waals surface area contributed by atoms with Gasteiger partial charge in [-0.05, 0) is 37.1 Å². The van der Waals surface area contributed by atoms with Crippen LogP contribution in [0.2, 0.25) is 0 Å². The predicted molar refractivity (Wildman–Crippen MR) is 50.2 cm³/mol. The third kappa shape index (κ3) is 1.64. The normalized spacial score (nSPS) is 9.83. The zero-order valence-electron chi connectivity index (χ0n) is 7.42. The summed E-state index contributed by atoms with van der Waals surface area (Å²) in [5, 5.41) is 0. The van der Waals surface area contributed by atoms with Crippen LogP contribution in [-0.4, -0.2) is 5.78 Å². The Balaban J connectivity index is 3.20. The molecular formula is C10H13NO. The molecule has 0 radical (unpaired) electrons. The van der Waals surface area contributed by atoms with E-state index in [4.69, 9.17) is 5.73 Å². The average Bonchev–Trinajstić information content (AvgIpc) is 2.03. The number of aryl methyl sites for hydroxylation is 1. The highest BCUT2D eigenvalue weighted by Gasteiger charge is 2.04. The summed E-state index contributed by atoms with van der Waals surface area (Å²) in [5.74, 6) is 0.104. The topological polar surface area (TPSA) is 43.1 Å². The lowest BCUT2D eigenvalue weighted by atomic mass is 10.0. The van der Waals surface area contributed by atoms with Gasteiger partial charge >= 0.3 is 0 Å². The van der Waals surface area contributed by atoms with Crippen LogP contribution in [0, 0.1) is 0 Å². The first-order valence-corrected chi connectivity index (χ1v) is 4.04. The lowest BCUT2D eigenvalue weighted by Gasteiger charge is -2.04.